The summed E-state index contributed by atoms with van der Waals surface area (Å²) in [5, 5.41) is 0. The molecular formula is C9H16O2. The van der Waals surface area contributed by atoms with E-state index < -0.39 is 0 Å². The summed E-state index contributed by atoms with van der Waals surface area (Å²) < 4.78 is 5.22. The first-order valence-electron chi connectivity index (χ1n) is 4.36. The second-order valence-corrected chi connectivity index (χ2v) is 3.34. The van der Waals surface area contributed by atoms with Gasteiger partial charge in [0.2, 0.25) is 0 Å². The molecule has 1 aliphatic heterocycles. The third-order valence-electron chi connectivity index (χ3n) is 2.28. The molecule has 2 nitrogen and oxygen atoms in total. The largest absolute Gasteiger partial charge is 0.380 e. The Hall–Kier alpha value is -0.370. The number of ether oxygens (including phenoxy) is 1. The fraction of sp³-hybridized carbons (Fsp3) is 0.889. The van der Waals surface area contributed by atoms with Crippen molar-refractivity contribution in [3.8, 4) is 0 Å². The Morgan fingerprint density at radius 3 is 2.73 bits per heavy atom. The number of carbonyl (C=O) groups is 1. The van der Waals surface area contributed by atoms with Gasteiger partial charge in [-0.2, -0.15) is 0 Å². The lowest BCUT2D eigenvalue weighted by Crippen LogP contribution is -2.19. The summed E-state index contributed by atoms with van der Waals surface area (Å²) in [5.74, 6) is 1.02. The van der Waals surface area contributed by atoms with Crippen molar-refractivity contribution in [2.75, 3.05) is 13.2 Å². The second kappa shape index (κ2) is 3.86. The minimum absolute atomic E-state index is 0.190. The van der Waals surface area contributed by atoms with Gasteiger partial charge in [0.15, 0.2) is 0 Å². The van der Waals surface area contributed by atoms with Crippen LogP contribution in [0.25, 0.3) is 0 Å². The minimum Gasteiger partial charge on any atom is -0.380 e. The Balaban J connectivity index is 2.39. The third kappa shape index (κ3) is 2.03. The van der Waals surface area contributed by atoms with Crippen molar-refractivity contribution in [2.45, 2.75) is 26.7 Å². The maximum atomic E-state index is 11.4. The van der Waals surface area contributed by atoms with E-state index in [2.05, 4.69) is 6.92 Å². The van der Waals surface area contributed by atoms with Crippen LogP contribution in [0.5, 0.6) is 0 Å². The molecule has 0 radical (unpaired) electrons. The number of rotatable bonds is 3. The standard InChI is InChI=1S/C9H16O2/c1-3-4-9(10)8-6-11-5-7(8)2/h7-8H,3-6H2,1-2H3. The highest BCUT2D eigenvalue weighted by atomic mass is 16.5. The van der Waals surface area contributed by atoms with Crippen molar-refractivity contribution in [3.05, 3.63) is 0 Å². The Morgan fingerprint density at radius 2 is 2.27 bits per heavy atom. The summed E-state index contributed by atoms with van der Waals surface area (Å²) in [6.07, 6.45) is 1.68. The topological polar surface area (TPSA) is 26.3 Å². The van der Waals surface area contributed by atoms with Gasteiger partial charge in [-0.05, 0) is 12.3 Å². The van der Waals surface area contributed by atoms with Crippen LogP contribution in [-0.4, -0.2) is 19.0 Å². The van der Waals surface area contributed by atoms with Gasteiger partial charge >= 0.3 is 0 Å². The molecule has 1 heterocycles. The predicted octanol–water partition coefficient (Wildman–Crippen LogP) is 1.64. The lowest BCUT2D eigenvalue weighted by atomic mass is 9.91. The quantitative estimate of drug-likeness (QED) is 0.621. The van der Waals surface area contributed by atoms with Gasteiger partial charge in [-0.15, -0.1) is 0 Å². The zero-order valence-corrected chi connectivity index (χ0v) is 7.30. The fourth-order valence-corrected chi connectivity index (χ4v) is 1.50. The van der Waals surface area contributed by atoms with E-state index in [0.29, 0.717) is 18.3 Å². The van der Waals surface area contributed by atoms with Crippen LogP contribution in [0.15, 0.2) is 0 Å². The molecule has 1 fully saturated rings. The summed E-state index contributed by atoms with van der Waals surface area (Å²) in [6, 6.07) is 0. The maximum absolute atomic E-state index is 11.4. The van der Waals surface area contributed by atoms with E-state index in [9.17, 15) is 4.79 Å². The van der Waals surface area contributed by atoms with Crippen LogP contribution >= 0.6 is 0 Å². The van der Waals surface area contributed by atoms with Crippen molar-refractivity contribution in [1.82, 2.24) is 0 Å². The molecule has 0 bridgehead atoms. The Labute approximate surface area is 67.9 Å². The first-order chi connectivity index (χ1) is 5.25. The lowest BCUT2D eigenvalue weighted by molar-refractivity contribution is -0.123. The molecular weight excluding hydrogens is 140 g/mol. The number of Topliss-reactive ketones (excluding diaryl/α,β-unsaturated/α-hetero) is 1. The van der Waals surface area contributed by atoms with E-state index in [0.717, 1.165) is 19.4 Å². The molecule has 1 aliphatic rings. The van der Waals surface area contributed by atoms with Gasteiger partial charge in [-0.3, -0.25) is 4.79 Å². The van der Waals surface area contributed by atoms with E-state index >= 15 is 0 Å². The average Bonchev–Trinajstić information content (AvgIpc) is 2.36. The molecule has 0 N–H and O–H groups in total. The molecule has 2 heteroatoms. The van der Waals surface area contributed by atoms with Gasteiger partial charge in [0.05, 0.1) is 6.61 Å². The van der Waals surface area contributed by atoms with E-state index in [1.165, 1.54) is 0 Å². The number of hydrogen-bond acceptors (Lipinski definition) is 2. The van der Waals surface area contributed by atoms with Crippen molar-refractivity contribution in [3.63, 3.8) is 0 Å². The van der Waals surface area contributed by atoms with Gasteiger partial charge in [0, 0.05) is 18.9 Å². The van der Waals surface area contributed by atoms with E-state index in [-0.39, 0.29) is 5.92 Å². The van der Waals surface area contributed by atoms with Crippen LogP contribution in [0.1, 0.15) is 26.7 Å². The van der Waals surface area contributed by atoms with Crippen LogP contribution in [0.4, 0.5) is 0 Å². The van der Waals surface area contributed by atoms with Gasteiger partial charge in [0.1, 0.15) is 5.78 Å². The summed E-state index contributed by atoms with van der Waals surface area (Å²) in [7, 11) is 0. The molecule has 0 saturated carbocycles. The summed E-state index contributed by atoms with van der Waals surface area (Å²) >= 11 is 0. The molecule has 64 valence electrons. The lowest BCUT2D eigenvalue weighted by Gasteiger charge is -2.09. The van der Waals surface area contributed by atoms with E-state index in [4.69, 9.17) is 4.74 Å². The molecule has 0 spiro atoms. The van der Waals surface area contributed by atoms with Crippen LogP contribution in [0, 0.1) is 11.8 Å². The molecule has 0 aliphatic carbocycles. The van der Waals surface area contributed by atoms with Crippen LogP contribution in [0.2, 0.25) is 0 Å². The zero-order valence-electron chi connectivity index (χ0n) is 7.30. The number of ketones is 1. The summed E-state index contributed by atoms with van der Waals surface area (Å²) in [6.45, 7) is 5.55. The minimum atomic E-state index is 0.190. The molecule has 2 unspecified atom stereocenters. The smallest absolute Gasteiger partial charge is 0.138 e. The highest BCUT2D eigenvalue weighted by molar-refractivity contribution is 5.81. The second-order valence-electron chi connectivity index (χ2n) is 3.34. The molecule has 0 aromatic carbocycles. The third-order valence-corrected chi connectivity index (χ3v) is 2.28. The highest BCUT2D eigenvalue weighted by Gasteiger charge is 2.29. The van der Waals surface area contributed by atoms with Crippen LogP contribution in [0.3, 0.4) is 0 Å². The molecule has 1 saturated heterocycles. The van der Waals surface area contributed by atoms with Crippen LogP contribution < -0.4 is 0 Å². The van der Waals surface area contributed by atoms with Gasteiger partial charge in [-0.25, -0.2) is 0 Å². The van der Waals surface area contributed by atoms with Crippen molar-refractivity contribution in [2.24, 2.45) is 11.8 Å². The number of carbonyl (C=O) groups excluding carboxylic acids is 1. The molecule has 0 aromatic heterocycles. The SMILES string of the molecule is CCCC(=O)C1COCC1C. The maximum Gasteiger partial charge on any atom is 0.138 e. The van der Waals surface area contributed by atoms with Crippen LogP contribution in [-0.2, 0) is 9.53 Å². The first-order valence-corrected chi connectivity index (χ1v) is 4.36. The molecule has 0 amide bonds. The van der Waals surface area contributed by atoms with Crippen molar-refractivity contribution >= 4 is 5.78 Å². The Bertz CT molecular complexity index is 142. The van der Waals surface area contributed by atoms with Gasteiger partial charge in [0.25, 0.3) is 0 Å². The first kappa shape index (κ1) is 8.72. The molecule has 1 rings (SSSR count). The summed E-state index contributed by atoms with van der Waals surface area (Å²) in [4.78, 5) is 11.4. The zero-order chi connectivity index (χ0) is 8.27. The molecule has 11 heavy (non-hydrogen) atoms. The monoisotopic (exact) mass is 156 g/mol. The Morgan fingerprint density at radius 1 is 1.55 bits per heavy atom. The average molecular weight is 156 g/mol. The van der Waals surface area contributed by atoms with Gasteiger partial charge in [-0.1, -0.05) is 13.8 Å². The van der Waals surface area contributed by atoms with Crippen molar-refractivity contribution in [1.29, 1.82) is 0 Å². The van der Waals surface area contributed by atoms with Crippen molar-refractivity contribution < 1.29 is 9.53 Å². The fourth-order valence-electron chi connectivity index (χ4n) is 1.50. The van der Waals surface area contributed by atoms with E-state index in [1.807, 2.05) is 6.92 Å². The van der Waals surface area contributed by atoms with E-state index in [1.54, 1.807) is 0 Å². The number of hydrogen-bond donors (Lipinski definition) is 0. The normalized spacial score (nSPS) is 30.7. The van der Waals surface area contributed by atoms with Gasteiger partial charge < -0.3 is 4.74 Å². The highest BCUT2D eigenvalue weighted by Crippen LogP contribution is 2.22. The molecule has 2 atom stereocenters. The molecule has 0 aromatic rings. The summed E-state index contributed by atoms with van der Waals surface area (Å²) in [5.41, 5.74) is 0. The Kier molecular flexibility index (Phi) is 3.06. The predicted molar refractivity (Wildman–Crippen MR) is 43.4 cm³/mol.